The van der Waals surface area contributed by atoms with Crippen molar-refractivity contribution in [2.24, 2.45) is 0 Å². The molecule has 29 heavy (non-hydrogen) atoms. The molecule has 6 nitrogen and oxygen atoms in total. The van der Waals surface area contributed by atoms with Crippen LogP contribution >= 0.6 is 0 Å². The molecule has 0 atom stereocenters. The van der Waals surface area contributed by atoms with Crippen molar-refractivity contribution >= 4 is 69.1 Å². The summed E-state index contributed by atoms with van der Waals surface area (Å²) in [5.41, 5.74) is 0. The first-order valence-electron chi connectivity index (χ1n) is 8.04. The van der Waals surface area contributed by atoms with Crippen molar-refractivity contribution in [1.29, 1.82) is 0 Å². The normalized spacial score (nSPS) is 11.4. The SMILES string of the molecule is O=S(=O)([O-])c1ccc2ccccc2c1.O=S(=O)([O-])c1ccc2ccccc2c1.[Pb+2]. The zero-order valence-electron chi connectivity index (χ0n) is 14.8. The molecule has 0 saturated heterocycles. The third-order valence-electron chi connectivity index (χ3n) is 4.02. The molecule has 9 heteroatoms. The van der Waals surface area contributed by atoms with E-state index in [1.165, 1.54) is 24.3 Å². The van der Waals surface area contributed by atoms with Gasteiger partial charge in [0.25, 0.3) is 0 Å². The van der Waals surface area contributed by atoms with Gasteiger partial charge in [-0.1, -0.05) is 60.7 Å². The van der Waals surface area contributed by atoms with Crippen molar-refractivity contribution < 1.29 is 25.9 Å². The van der Waals surface area contributed by atoms with Gasteiger partial charge in [0.2, 0.25) is 0 Å². The molecule has 2 radical (unpaired) electrons. The number of hydrogen-bond donors (Lipinski definition) is 0. The molecule has 146 valence electrons. The predicted molar refractivity (Wildman–Crippen MR) is 110 cm³/mol. The van der Waals surface area contributed by atoms with Gasteiger partial charge in [-0.2, -0.15) is 0 Å². The zero-order chi connectivity index (χ0) is 20.4. The first-order chi connectivity index (χ1) is 13.1. The van der Waals surface area contributed by atoms with Gasteiger partial charge in [0.15, 0.2) is 0 Å². The number of benzene rings is 4. The first kappa shape index (κ1) is 23.4. The van der Waals surface area contributed by atoms with Crippen LogP contribution < -0.4 is 0 Å². The van der Waals surface area contributed by atoms with Crippen molar-refractivity contribution in [1.82, 2.24) is 0 Å². The second-order valence-corrected chi connectivity index (χ2v) is 8.69. The minimum Gasteiger partial charge on any atom is -0.744 e. The average Bonchev–Trinajstić information content (AvgIpc) is 2.66. The Balaban J connectivity index is 0.000000200. The summed E-state index contributed by atoms with van der Waals surface area (Å²) in [5.74, 6) is 0. The van der Waals surface area contributed by atoms with Crippen molar-refractivity contribution in [3.8, 4) is 0 Å². The third-order valence-corrected chi connectivity index (χ3v) is 5.68. The molecule has 4 aromatic rings. The standard InChI is InChI=1S/2C10H8O3S.Pb/c2*11-14(12,13)10-6-5-8-3-1-2-4-9(8)7-10;/h2*1-7H,(H,11,12,13);/q;;+2/p-2. The van der Waals surface area contributed by atoms with Crippen LogP contribution in [-0.2, 0) is 20.2 Å². The zero-order valence-corrected chi connectivity index (χ0v) is 20.4. The van der Waals surface area contributed by atoms with Crippen LogP contribution in [0.3, 0.4) is 0 Å². The van der Waals surface area contributed by atoms with E-state index in [-0.39, 0.29) is 37.1 Å². The van der Waals surface area contributed by atoms with E-state index in [1.807, 2.05) is 24.3 Å². The molecule has 0 fully saturated rings. The molecule has 0 bridgehead atoms. The second-order valence-electron chi connectivity index (χ2n) is 5.93. The molecular weight excluding hydrogens is 608 g/mol. The fourth-order valence-electron chi connectivity index (χ4n) is 2.65. The fourth-order valence-corrected chi connectivity index (χ4v) is 3.66. The summed E-state index contributed by atoms with van der Waals surface area (Å²) < 4.78 is 64.3. The van der Waals surface area contributed by atoms with E-state index in [0.29, 0.717) is 0 Å². The van der Waals surface area contributed by atoms with Crippen LogP contribution in [0.25, 0.3) is 21.5 Å². The summed E-state index contributed by atoms with van der Waals surface area (Å²) in [6.45, 7) is 0. The van der Waals surface area contributed by atoms with Crippen LogP contribution in [0.1, 0.15) is 0 Å². The van der Waals surface area contributed by atoms with Gasteiger partial charge in [-0.05, 0) is 45.8 Å². The Hall–Kier alpha value is -1.86. The molecule has 0 N–H and O–H groups in total. The van der Waals surface area contributed by atoms with Crippen LogP contribution in [0.2, 0.25) is 0 Å². The van der Waals surface area contributed by atoms with Crippen molar-refractivity contribution in [2.75, 3.05) is 0 Å². The molecule has 0 aliphatic carbocycles. The monoisotopic (exact) mass is 622 g/mol. The molecule has 0 amide bonds. The van der Waals surface area contributed by atoms with Gasteiger partial charge in [0.1, 0.15) is 20.2 Å². The predicted octanol–water partition coefficient (Wildman–Crippen LogP) is 3.11. The van der Waals surface area contributed by atoms with Gasteiger partial charge >= 0.3 is 27.3 Å². The second kappa shape index (κ2) is 9.30. The van der Waals surface area contributed by atoms with Crippen LogP contribution in [-0.4, -0.2) is 53.2 Å². The van der Waals surface area contributed by atoms with Gasteiger partial charge in [-0.15, -0.1) is 0 Å². The maximum absolute atomic E-state index is 10.7. The van der Waals surface area contributed by atoms with E-state index in [9.17, 15) is 25.9 Å². The minimum absolute atomic E-state index is 0. The molecular formula is C20H14O6PbS2. The number of hydrogen-bond acceptors (Lipinski definition) is 6. The smallest absolute Gasteiger partial charge is 0.744 e. The molecule has 0 heterocycles. The molecule has 4 aromatic carbocycles. The van der Waals surface area contributed by atoms with Gasteiger partial charge in [-0.3, -0.25) is 0 Å². The summed E-state index contributed by atoms with van der Waals surface area (Å²) in [6, 6.07) is 23.2. The molecule has 4 rings (SSSR count). The van der Waals surface area contributed by atoms with Gasteiger partial charge in [-0.25, -0.2) is 16.8 Å². The summed E-state index contributed by atoms with van der Waals surface area (Å²) in [7, 11) is -8.69. The van der Waals surface area contributed by atoms with E-state index in [0.717, 1.165) is 21.5 Å². The van der Waals surface area contributed by atoms with Gasteiger partial charge < -0.3 is 9.11 Å². The molecule has 0 spiro atoms. The van der Waals surface area contributed by atoms with Gasteiger partial charge in [0.05, 0.1) is 9.79 Å². The quantitative estimate of drug-likeness (QED) is 0.251. The Labute approximate surface area is 188 Å². The Kier molecular flexibility index (Phi) is 7.51. The van der Waals surface area contributed by atoms with Crippen LogP contribution in [0, 0.1) is 0 Å². The summed E-state index contributed by atoms with van der Waals surface area (Å²) in [5, 5.41) is 3.34. The van der Waals surface area contributed by atoms with Crippen molar-refractivity contribution in [2.45, 2.75) is 9.79 Å². The topological polar surface area (TPSA) is 114 Å². The Morgan fingerprint density at radius 2 is 0.793 bits per heavy atom. The number of rotatable bonds is 2. The first-order valence-corrected chi connectivity index (χ1v) is 10.9. The molecule has 0 aliphatic heterocycles. The maximum Gasteiger partial charge on any atom is 2.00 e. The van der Waals surface area contributed by atoms with Gasteiger partial charge in [0, 0.05) is 0 Å². The third kappa shape index (κ3) is 6.06. The van der Waals surface area contributed by atoms with Crippen LogP contribution in [0.5, 0.6) is 0 Å². The van der Waals surface area contributed by atoms with Crippen LogP contribution in [0.15, 0.2) is 94.7 Å². The maximum atomic E-state index is 10.7. The molecule has 0 aliphatic rings. The van der Waals surface area contributed by atoms with E-state index >= 15 is 0 Å². The minimum atomic E-state index is -4.34. The van der Waals surface area contributed by atoms with E-state index in [2.05, 4.69) is 0 Å². The Morgan fingerprint density at radius 1 is 0.483 bits per heavy atom. The van der Waals surface area contributed by atoms with E-state index < -0.39 is 20.2 Å². The largest absolute Gasteiger partial charge is 2.00 e. The van der Waals surface area contributed by atoms with E-state index in [1.54, 1.807) is 36.4 Å². The molecule has 0 saturated carbocycles. The average molecular weight is 622 g/mol. The van der Waals surface area contributed by atoms with E-state index in [4.69, 9.17) is 0 Å². The molecule has 0 unspecified atom stereocenters. The van der Waals surface area contributed by atoms with Crippen molar-refractivity contribution in [3.05, 3.63) is 84.9 Å². The Morgan fingerprint density at radius 3 is 1.10 bits per heavy atom. The fraction of sp³-hybridized carbons (Fsp3) is 0. The summed E-state index contributed by atoms with van der Waals surface area (Å²) in [4.78, 5) is -0.368. The van der Waals surface area contributed by atoms with Crippen LogP contribution in [0.4, 0.5) is 0 Å². The number of fused-ring (bicyclic) bond motifs is 2. The van der Waals surface area contributed by atoms with Crippen molar-refractivity contribution in [3.63, 3.8) is 0 Å². The molecule has 0 aromatic heterocycles. The summed E-state index contributed by atoms with van der Waals surface area (Å²) >= 11 is 0. The summed E-state index contributed by atoms with van der Waals surface area (Å²) in [6.07, 6.45) is 0. The Bertz CT molecular complexity index is 1260.